The molecule has 5 aromatic rings. The van der Waals surface area contributed by atoms with Gasteiger partial charge in [-0.1, -0.05) is 79.3 Å². The van der Waals surface area contributed by atoms with Gasteiger partial charge in [-0.25, -0.2) is 14.8 Å². The second-order valence-electron chi connectivity index (χ2n) is 8.77. The van der Waals surface area contributed by atoms with Gasteiger partial charge in [0.1, 0.15) is 22.0 Å². The van der Waals surface area contributed by atoms with Crippen LogP contribution in [-0.4, -0.2) is 37.7 Å². The molecular formula is C28H26N6O3S2. The van der Waals surface area contributed by atoms with Crippen molar-refractivity contribution in [1.29, 1.82) is 0 Å². The lowest BCUT2D eigenvalue weighted by Gasteiger charge is -2.24. The standard InChI is InChI=1S/C28H26N6O3S2/c1-2-13-33(23-24(29)34(28(37)32-25(23)36)14-18-9-5-3-6-10-18)21(35)16-39-27-22-20(19-11-7-4-8-12-19)15-38-26(22)30-17-31-27/h3-12,15,17H,2,13-14,16,29H2,1H3,(H,32,36,37). The average Bonchev–Trinajstić information content (AvgIpc) is 3.39. The normalized spacial score (nSPS) is 11.1. The van der Waals surface area contributed by atoms with Crippen molar-refractivity contribution in [1.82, 2.24) is 19.5 Å². The number of aromatic amines is 1. The Morgan fingerprint density at radius 3 is 2.51 bits per heavy atom. The summed E-state index contributed by atoms with van der Waals surface area (Å²) in [6.07, 6.45) is 2.08. The van der Waals surface area contributed by atoms with E-state index in [1.54, 1.807) is 0 Å². The summed E-state index contributed by atoms with van der Waals surface area (Å²) in [5.74, 6) is -0.340. The quantitative estimate of drug-likeness (QED) is 0.203. The van der Waals surface area contributed by atoms with E-state index in [1.165, 1.54) is 38.9 Å². The summed E-state index contributed by atoms with van der Waals surface area (Å²) in [4.78, 5) is 52.5. The van der Waals surface area contributed by atoms with Gasteiger partial charge in [0.05, 0.1) is 17.7 Å². The highest BCUT2D eigenvalue weighted by Crippen LogP contribution is 2.38. The van der Waals surface area contributed by atoms with Crippen LogP contribution in [0.4, 0.5) is 11.5 Å². The number of aromatic nitrogens is 4. The molecule has 0 saturated heterocycles. The maximum absolute atomic E-state index is 13.6. The molecule has 198 valence electrons. The number of nitrogens with two attached hydrogens (primary N) is 1. The number of nitrogens with one attached hydrogen (secondary N) is 1. The van der Waals surface area contributed by atoms with Gasteiger partial charge in [0, 0.05) is 17.5 Å². The topological polar surface area (TPSA) is 127 Å². The highest BCUT2D eigenvalue weighted by molar-refractivity contribution is 8.00. The van der Waals surface area contributed by atoms with E-state index in [0.29, 0.717) is 11.4 Å². The molecule has 39 heavy (non-hydrogen) atoms. The molecule has 1 amide bonds. The van der Waals surface area contributed by atoms with E-state index in [9.17, 15) is 14.4 Å². The lowest BCUT2D eigenvalue weighted by molar-refractivity contribution is -0.116. The summed E-state index contributed by atoms with van der Waals surface area (Å²) < 4.78 is 1.28. The summed E-state index contributed by atoms with van der Waals surface area (Å²) in [7, 11) is 0. The molecule has 0 radical (unpaired) electrons. The molecule has 0 aliphatic carbocycles. The van der Waals surface area contributed by atoms with Gasteiger partial charge in [0.25, 0.3) is 5.56 Å². The number of fused-ring (bicyclic) bond motifs is 1. The molecule has 3 N–H and O–H groups in total. The molecule has 0 bridgehead atoms. The minimum atomic E-state index is -0.692. The molecule has 0 unspecified atom stereocenters. The highest BCUT2D eigenvalue weighted by Gasteiger charge is 2.25. The first-order valence-corrected chi connectivity index (χ1v) is 14.2. The first-order chi connectivity index (χ1) is 19.0. The van der Waals surface area contributed by atoms with Gasteiger partial charge in [-0.3, -0.25) is 19.1 Å². The largest absolute Gasteiger partial charge is 0.383 e. The zero-order valence-electron chi connectivity index (χ0n) is 21.2. The number of thiophene rings is 1. The Morgan fingerprint density at radius 1 is 1.08 bits per heavy atom. The van der Waals surface area contributed by atoms with Crippen LogP contribution in [0.3, 0.4) is 0 Å². The van der Waals surface area contributed by atoms with Gasteiger partial charge in [-0.2, -0.15) is 0 Å². The van der Waals surface area contributed by atoms with Crippen LogP contribution in [0.5, 0.6) is 0 Å². The molecule has 5 rings (SSSR count). The van der Waals surface area contributed by atoms with Crippen LogP contribution < -0.4 is 21.9 Å². The average molecular weight is 559 g/mol. The van der Waals surface area contributed by atoms with E-state index >= 15 is 0 Å². The first-order valence-electron chi connectivity index (χ1n) is 12.3. The van der Waals surface area contributed by atoms with Crippen molar-refractivity contribution < 1.29 is 4.79 Å². The Balaban J connectivity index is 1.46. The molecule has 2 aromatic carbocycles. The summed E-state index contributed by atoms with van der Waals surface area (Å²) in [5, 5.41) is 3.61. The van der Waals surface area contributed by atoms with Gasteiger partial charge in [0.15, 0.2) is 5.69 Å². The third-order valence-corrected chi connectivity index (χ3v) is 8.03. The van der Waals surface area contributed by atoms with E-state index in [4.69, 9.17) is 5.73 Å². The van der Waals surface area contributed by atoms with E-state index in [1.807, 2.05) is 73.0 Å². The third kappa shape index (κ3) is 5.50. The smallest absolute Gasteiger partial charge is 0.330 e. The van der Waals surface area contributed by atoms with E-state index in [0.717, 1.165) is 26.9 Å². The van der Waals surface area contributed by atoms with E-state index in [2.05, 4.69) is 15.0 Å². The van der Waals surface area contributed by atoms with Crippen LogP contribution in [0.15, 0.2) is 87.0 Å². The van der Waals surface area contributed by atoms with E-state index < -0.39 is 11.2 Å². The summed E-state index contributed by atoms with van der Waals surface area (Å²) in [6, 6.07) is 19.3. The Kier molecular flexibility index (Phi) is 7.89. The maximum Gasteiger partial charge on any atom is 0.330 e. The van der Waals surface area contributed by atoms with E-state index in [-0.39, 0.29) is 36.3 Å². The third-order valence-electron chi connectivity index (χ3n) is 6.17. The molecule has 0 atom stereocenters. The molecular weight excluding hydrogens is 532 g/mol. The predicted octanol–water partition coefficient (Wildman–Crippen LogP) is 4.37. The molecule has 0 aliphatic rings. The van der Waals surface area contributed by atoms with Crippen LogP contribution in [0.2, 0.25) is 0 Å². The molecule has 0 spiro atoms. The van der Waals surface area contributed by atoms with Crippen molar-refractivity contribution in [2.75, 3.05) is 22.9 Å². The lowest BCUT2D eigenvalue weighted by atomic mass is 10.1. The zero-order valence-corrected chi connectivity index (χ0v) is 22.8. The van der Waals surface area contributed by atoms with Crippen molar-refractivity contribution >= 4 is 50.7 Å². The monoisotopic (exact) mass is 558 g/mol. The van der Waals surface area contributed by atoms with Gasteiger partial charge in [-0.05, 0) is 17.5 Å². The predicted molar refractivity (Wildman–Crippen MR) is 157 cm³/mol. The number of rotatable bonds is 9. The van der Waals surface area contributed by atoms with Crippen molar-refractivity contribution in [3.8, 4) is 11.1 Å². The van der Waals surface area contributed by atoms with Crippen LogP contribution in [0, 0.1) is 0 Å². The number of thioether (sulfide) groups is 1. The molecule has 0 fully saturated rings. The number of benzene rings is 2. The summed E-state index contributed by atoms with van der Waals surface area (Å²) >= 11 is 2.81. The minimum absolute atomic E-state index is 0.0207. The zero-order chi connectivity index (χ0) is 27.4. The Morgan fingerprint density at radius 2 is 1.79 bits per heavy atom. The van der Waals surface area contributed by atoms with Crippen LogP contribution >= 0.6 is 23.1 Å². The Hall–Kier alpha value is -4.22. The number of carbonyl (C=O) groups excluding carboxylic acids is 1. The van der Waals surface area contributed by atoms with Crippen molar-refractivity contribution in [2.45, 2.75) is 24.9 Å². The summed E-state index contributed by atoms with van der Waals surface area (Å²) in [5.41, 5.74) is 7.92. The first kappa shape index (κ1) is 26.4. The van der Waals surface area contributed by atoms with Gasteiger partial charge in [0.2, 0.25) is 5.91 Å². The lowest BCUT2D eigenvalue weighted by Crippen LogP contribution is -2.42. The van der Waals surface area contributed by atoms with Crippen LogP contribution in [-0.2, 0) is 11.3 Å². The maximum atomic E-state index is 13.6. The number of hydrogen-bond donors (Lipinski definition) is 2. The fourth-order valence-corrected chi connectivity index (χ4v) is 6.21. The van der Waals surface area contributed by atoms with Crippen molar-refractivity contribution in [3.63, 3.8) is 0 Å². The molecule has 0 aliphatic heterocycles. The minimum Gasteiger partial charge on any atom is -0.383 e. The molecule has 3 aromatic heterocycles. The van der Waals surface area contributed by atoms with Gasteiger partial charge in [-0.15, -0.1) is 11.3 Å². The van der Waals surface area contributed by atoms with Gasteiger partial charge < -0.3 is 10.6 Å². The number of nitrogens with zero attached hydrogens (tertiary/aromatic N) is 4. The fraction of sp³-hybridized carbons (Fsp3) is 0.179. The Labute approximate surface area is 232 Å². The number of anilines is 2. The second-order valence-corrected chi connectivity index (χ2v) is 10.6. The number of nitrogen functional groups attached to an aromatic ring is 1. The van der Waals surface area contributed by atoms with Crippen LogP contribution in [0.1, 0.15) is 18.9 Å². The Bertz CT molecular complexity index is 1730. The molecule has 11 heteroatoms. The molecule has 3 heterocycles. The number of amides is 1. The highest BCUT2D eigenvalue weighted by atomic mass is 32.2. The number of H-pyrrole nitrogens is 1. The molecule has 0 saturated carbocycles. The number of carbonyl (C=O) groups is 1. The summed E-state index contributed by atoms with van der Waals surface area (Å²) in [6.45, 7) is 2.34. The second kappa shape index (κ2) is 11.7. The van der Waals surface area contributed by atoms with Crippen LogP contribution in [0.25, 0.3) is 21.3 Å². The van der Waals surface area contributed by atoms with Gasteiger partial charge >= 0.3 is 5.69 Å². The van der Waals surface area contributed by atoms with Crippen molar-refractivity contribution in [3.05, 3.63) is 98.8 Å². The number of hydrogen-bond acceptors (Lipinski definition) is 8. The van der Waals surface area contributed by atoms with Crippen molar-refractivity contribution in [2.24, 2.45) is 0 Å². The molecule has 9 nitrogen and oxygen atoms in total. The fourth-order valence-electron chi connectivity index (χ4n) is 4.34. The SMILES string of the molecule is CCCN(C(=O)CSc1ncnc2scc(-c3ccccc3)c12)c1c(N)n(Cc2ccccc2)c(=O)[nH]c1=O.